The lowest BCUT2D eigenvalue weighted by Crippen LogP contribution is -2.29. The molecule has 0 radical (unpaired) electrons. The molecule has 2 aromatic heterocycles. The van der Waals surface area contributed by atoms with Crippen molar-refractivity contribution >= 4 is 5.91 Å². The number of aromatic nitrogens is 3. The summed E-state index contributed by atoms with van der Waals surface area (Å²) >= 11 is 0. The molecule has 1 unspecified atom stereocenters. The fraction of sp³-hybridized carbons (Fsp3) is 0.167. The molecule has 24 heavy (non-hydrogen) atoms. The molecule has 120 valence electrons. The fourth-order valence-electron chi connectivity index (χ4n) is 2.76. The monoisotopic (exact) mass is 320 g/mol. The molecule has 0 bridgehead atoms. The van der Waals surface area contributed by atoms with Crippen LogP contribution in [0.5, 0.6) is 5.75 Å². The maximum atomic E-state index is 12.5. The number of hydrogen-bond donors (Lipinski definition) is 1. The summed E-state index contributed by atoms with van der Waals surface area (Å²) in [5.41, 5.74) is 2.68. The van der Waals surface area contributed by atoms with E-state index in [1.54, 1.807) is 41.6 Å². The van der Waals surface area contributed by atoms with Gasteiger partial charge in [-0.15, -0.1) is 0 Å². The van der Waals surface area contributed by atoms with E-state index in [4.69, 9.17) is 4.74 Å². The van der Waals surface area contributed by atoms with Gasteiger partial charge in [-0.25, -0.2) is 9.97 Å². The number of nitrogens with zero attached hydrogens (tertiary/aromatic N) is 3. The summed E-state index contributed by atoms with van der Waals surface area (Å²) in [5.74, 6) is 1.39. The van der Waals surface area contributed by atoms with E-state index in [1.807, 2.05) is 25.1 Å². The molecule has 3 heterocycles. The molecule has 0 spiro atoms. The smallest absolute Gasteiger partial charge is 0.253 e. The van der Waals surface area contributed by atoms with Gasteiger partial charge in [0.25, 0.3) is 5.91 Å². The molecule has 1 aliphatic heterocycles. The molecule has 1 aromatic carbocycles. The Morgan fingerprint density at radius 2 is 2.25 bits per heavy atom. The Balaban J connectivity index is 1.50. The van der Waals surface area contributed by atoms with Crippen LogP contribution in [0.3, 0.4) is 0 Å². The van der Waals surface area contributed by atoms with Crippen molar-refractivity contribution in [3.63, 3.8) is 0 Å². The van der Waals surface area contributed by atoms with E-state index >= 15 is 0 Å². The maximum absolute atomic E-state index is 12.5. The highest BCUT2D eigenvalue weighted by atomic mass is 16.5. The van der Waals surface area contributed by atoms with Crippen molar-refractivity contribution in [1.82, 2.24) is 19.9 Å². The first-order valence-corrected chi connectivity index (χ1v) is 7.69. The zero-order valence-electron chi connectivity index (χ0n) is 13.1. The summed E-state index contributed by atoms with van der Waals surface area (Å²) in [4.78, 5) is 20.8. The summed E-state index contributed by atoms with van der Waals surface area (Å²) in [6.07, 6.45) is 6.72. The van der Waals surface area contributed by atoms with Crippen LogP contribution in [-0.2, 0) is 0 Å². The molecular weight excluding hydrogens is 304 g/mol. The number of imidazole rings is 1. The minimum Gasteiger partial charge on any atom is -0.491 e. The van der Waals surface area contributed by atoms with Crippen LogP contribution in [0.2, 0.25) is 0 Å². The molecule has 0 saturated carbocycles. The molecule has 0 saturated heterocycles. The number of rotatable bonds is 3. The lowest BCUT2D eigenvalue weighted by molar-refractivity contribution is 0.0930. The van der Waals surface area contributed by atoms with Crippen LogP contribution in [0.1, 0.15) is 27.5 Å². The second-order valence-electron chi connectivity index (χ2n) is 5.75. The average Bonchev–Trinajstić information content (AvgIpc) is 3.25. The average molecular weight is 320 g/mol. The van der Waals surface area contributed by atoms with Gasteiger partial charge in [0, 0.05) is 24.2 Å². The van der Waals surface area contributed by atoms with Gasteiger partial charge in [-0.1, -0.05) is 17.7 Å². The van der Waals surface area contributed by atoms with Gasteiger partial charge in [0.05, 0.1) is 11.6 Å². The number of aryl methyl sites for hydroxylation is 1. The van der Waals surface area contributed by atoms with E-state index in [1.165, 1.54) is 0 Å². The van der Waals surface area contributed by atoms with Crippen molar-refractivity contribution < 1.29 is 9.53 Å². The maximum Gasteiger partial charge on any atom is 0.253 e. The first-order chi connectivity index (χ1) is 11.7. The summed E-state index contributed by atoms with van der Waals surface area (Å²) in [6.45, 7) is 2.47. The number of nitrogens with one attached hydrogen (secondary N) is 1. The molecule has 0 aliphatic carbocycles. The van der Waals surface area contributed by atoms with E-state index in [0.29, 0.717) is 18.0 Å². The Bertz CT molecular complexity index is 873. The lowest BCUT2D eigenvalue weighted by atomic mass is 10.1. The van der Waals surface area contributed by atoms with Gasteiger partial charge in [0.1, 0.15) is 24.5 Å². The molecule has 0 fully saturated rings. The predicted octanol–water partition coefficient (Wildman–Crippen LogP) is 2.44. The number of benzene rings is 1. The molecule has 1 amide bonds. The molecule has 1 N–H and O–H groups in total. The Labute approximate surface area is 139 Å². The van der Waals surface area contributed by atoms with Crippen LogP contribution in [0, 0.1) is 6.92 Å². The number of carbonyl (C=O) groups excluding carboxylic acids is 1. The molecule has 4 rings (SSSR count). The predicted molar refractivity (Wildman–Crippen MR) is 88.2 cm³/mol. The Morgan fingerprint density at radius 1 is 1.33 bits per heavy atom. The standard InChI is InChI=1S/C18H16N4O2/c1-12-2-4-16-14(8-12)15(10-24-16)21-18(23)13-3-5-17(20-9-13)22-7-6-19-11-22/h2-9,11,15H,10H2,1H3,(H,21,23). The lowest BCUT2D eigenvalue weighted by Gasteiger charge is -2.12. The van der Waals surface area contributed by atoms with Crippen LogP contribution in [-0.4, -0.2) is 27.0 Å². The summed E-state index contributed by atoms with van der Waals surface area (Å²) in [5, 5.41) is 3.01. The zero-order valence-corrected chi connectivity index (χ0v) is 13.1. The van der Waals surface area contributed by atoms with Gasteiger partial charge < -0.3 is 10.1 Å². The van der Waals surface area contributed by atoms with E-state index < -0.39 is 0 Å². The number of pyridine rings is 1. The first kappa shape index (κ1) is 14.4. The van der Waals surface area contributed by atoms with E-state index in [0.717, 1.165) is 16.9 Å². The quantitative estimate of drug-likeness (QED) is 0.805. The number of ether oxygens (including phenoxy) is 1. The van der Waals surface area contributed by atoms with E-state index in [-0.39, 0.29) is 11.9 Å². The summed E-state index contributed by atoms with van der Waals surface area (Å²) in [6, 6.07) is 9.40. The van der Waals surface area contributed by atoms with Gasteiger partial charge in [-0.05, 0) is 25.1 Å². The summed E-state index contributed by atoms with van der Waals surface area (Å²) < 4.78 is 7.41. The van der Waals surface area contributed by atoms with Crippen LogP contribution >= 0.6 is 0 Å². The molecule has 1 aliphatic rings. The zero-order chi connectivity index (χ0) is 16.5. The molecule has 6 nitrogen and oxygen atoms in total. The van der Waals surface area contributed by atoms with Crippen molar-refractivity contribution in [2.45, 2.75) is 13.0 Å². The van der Waals surface area contributed by atoms with Crippen LogP contribution < -0.4 is 10.1 Å². The number of amides is 1. The third-order valence-electron chi connectivity index (χ3n) is 4.03. The van der Waals surface area contributed by atoms with Crippen molar-refractivity contribution in [2.24, 2.45) is 0 Å². The number of carbonyl (C=O) groups is 1. The Hall–Kier alpha value is -3.15. The van der Waals surface area contributed by atoms with Crippen LogP contribution in [0.15, 0.2) is 55.2 Å². The third kappa shape index (κ3) is 2.62. The second-order valence-corrected chi connectivity index (χ2v) is 5.75. The van der Waals surface area contributed by atoms with Gasteiger partial charge in [-0.2, -0.15) is 0 Å². The molecular formula is C18H16N4O2. The molecule has 1 atom stereocenters. The normalized spacial score (nSPS) is 15.6. The second kappa shape index (κ2) is 5.81. The van der Waals surface area contributed by atoms with Gasteiger partial charge >= 0.3 is 0 Å². The third-order valence-corrected chi connectivity index (χ3v) is 4.03. The van der Waals surface area contributed by atoms with Gasteiger partial charge in [0.15, 0.2) is 0 Å². The highest BCUT2D eigenvalue weighted by Crippen LogP contribution is 2.33. The molecule has 6 heteroatoms. The van der Waals surface area contributed by atoms with Gasteiger partial charge in [0.2, 0.25) is 0 Å². The van der Waals surface area contributed by atoms with Crippen LogP contribution in [0.25, 0.3) is 5.82 Å². The van der Waals surface area contributed by atoms with Gasteiger partial charge in [-0.3, -0.25) is 9.36 Å². The Morgan fingerprint density at radius 3 is 3.00 bits per heavy atom. The fourth-order valence-corrected chi connectivity index (χ4v) is 2.76. The number of hydrogen-bond acceptors (Lipinski definition) is 4. The van der Waals surface area contributed by atoms with Crippen molar-refractivity contribution in [3.05, 3.63) is 71.9 Å². The van der Waals surface area contributed by atoms with Crippen molar-refractivity contribution in [3.8, 4) is 11.6 Å². The topological polar surface area (TPSA) is 69.0 Å². The van der Waals surface area contributed by atoms with Crippen molar-refractivity contribution in [1.29, 1.82) is 0 Å². The highest BCUT2D eigenvalue weighted by molar-refractivity contribution is 5.94. The Kier molecular flexibility index (Phi) is 3.49. The molecule has 3 aromatic rings. The van der Waals surface area contributed by atoms with E-state index in [2.05, 4.69) is 15.3 Å². The van der Waals surface area contributed by atoms with E-state index in [9.17, 15) is 4.79 Å². The highest BCUT2D eigenvalue weighted by Gasteiger charge is 2.26. The minimum absolute atomic E-state index is 0.138. The van der Waals surface area contributed by atoms with Crippen LogP contribution in [0.4, 0.5) is 0 Å². The minimum atomic E-state index is -0.164. The number of fused-ring (bicyclic) bond motifs is 1. The largest absolute Gasteiger partial charge is 0.491 e. The van der Waals surface area contributed by atoms with Crippen molar-refractivity contribution in [2.75, 3.05) is 6.61 Å². The first-order valence-electron chi connectivity index (χ1n) is 7.69. The summed E-state index contributed by atoms with van der Waals surface area (Å²) in [7, 11) is 0. The SMILES string of the molecule is Cc1ccc2c(c1)C(NC(=O)c1ccc(-n3ccnc3)nc1)CO2.